The van der Waals surface area contributed by atoms with E-state index in [1.165, 1.54) is 15.9 Å². The van der Waals surface area contributed by atoms with Gasteiger partial charge in [-0.1, -0.05) is 17.7 Å². The maximum Gasteiger partial charge on any atom is 0.415 e. The highest BCUT2D eigenvalue weighted by molar-refractivity contribution is 6.30. The van der Waals surface area contributed by atoms with Crippen molar-refractivity contribution in [2.75, 3.05) is 23.0 Å². The SMILES string of the molecule is CC(C)(C)OC(=O)NCc1nc(Cl)cc2c1CN(c1cccc(N3CCOC3=O)n1)C2=O. The summed E-state index contributed by atoms with van der Waals surface area (Å²) in [7, 11) is 0. The lowest BCUT2D eigenvalue weighted by atomic mass is 10.1. The molecule has 0 spiro atoms. The first kappa shape index (κ1) is 21.8. The van der Waals surface area contributed by atoms with E-state index in [0.29, 0.717) is 35.0 Å². The van der Waals surface area contributed by atoms with Gasteiger partial charge in [0.15, 0.2) is 0 Å². The fourth-order valence-electron chi connectivity index (χ4n) is 3.45. The number of amides is 3. The van der Waals surface area contributed by atoms with Crippen molar-refractivity contribution in [2.45, 2.75) is 39.5 Å². The monoisotopic (exact) mass is 459 g/mol. The van der Waals surface area contributed by atoms with Crippen LogP contribution in [0.2, 0.25) is 5.15 Å². The van der Waals surface area contributed by atoms with Crippen LogP contribution in [0.25, 0.3) is 0 Å². The van der Waals surface area contributed by atoms with Crippen LogP contribution in [-0.2, 0) is 22.6 Å². The van der Waals surface area contributed by atoms with Crippen LogP contribution in [-0.4, -0.2) is 46.8 Å². The van der Waals surface area contributed by atoms with E-state index in [4.69, 9.17) is 21.1 Å². The van der Waals surface area contributed by atoms with Crippen molar-refractivity contribution in [1.82, 2.24) is 15.3 Å². The lowest BCUT2D eigenvalue weighted by Crippen LogP contribution is -2.32. The van der Waals surface area contributed by atoms with Crippen molar-refractivity contribution < 1.29 is 23.9 Å². The number of hydrogen-bond donors (Lipinski definition) is 1. The highest BCUT2D eigenvalue weighted by Crippen LogP contribution is 2.31. The van der Waals surface area contributed by atoms with Gasteiger partial charge in [-0.25, -0.2) is 19.6 Å². The Morgan fingerprint density at radius 1 is 1.22 bits per heavy atom. The summed E-state index contributed by atoms with van der Waals surface area (Å²) in [5.74, 6) is 0.485. The summed E-state index contributed by atoms with van der Waals surface area (Å²) < 4.78 is 10.2. The van der Waals surface area contributed by atoms with Crippen molar-refractivity contribution in [3.8, 4) is 0 Å². The Labute approximate surface area is 189 Å². The number of fused-ring (bicyclic) bond motifs is 1. The van der Waals surface area contributed by atoms with E-state index in [-0.39, 0.29) is 30.8 Å². The smallest absolute Gasteiger partial charge is 0.415 e. The van der Waals surface area contributed by atoms with Crippen molar-refractivity contribution in [2.24, 2.45) is 0 Å². The van der Waals surface area contributed by atoms with Gasteiger partial charge >= 0.3 is 12.2 Å². The maximum atomic E-state index is 13.1. The van der Waals surface area contributed by atoms with E-state index in [1.807, 2.05) is 0 Å². The minimum Gasteiger partial charge on any atom is -0.447 e. The number of halogens is 1. The number of alkyl carbamates (subject to hydrolysis) is 1. The number of nitrogens with one attached hydrogen (secondary N) is 1. The molecule has 1 N–H and O–H groups in total. The number of aromatic nitrogens is 2. The molecule has 2 aliphatic heterocycles. The molecule has 32 heavy (non-hydrogen) atoms. The number of ether oxygens (including phenoxy) is 2. The Kier molecular flexibility index (Phi) is 5.64. The Morgan fingerprint density at radius 2 is 1.94 bits per heavy atom. The zero-order chi connectivity index (χ0) is 23.0. The Balaban J connectivity index is 1.57. The zero-order valence-corrected chi connectivity index (χ0v) is 18.6. The summed E-state index contributed by atoms with van der Waals surface area (Å²) in [6.07, 6.45) is -1.07. The van der Waals surface area contributed by atoms with Gasteiger partial charge < -0.3 is 14.8 Å². The molecule has 10 nitrogen and oxygen atoms in total. The van der Waals surface area contributed by atoms with Gasteiger partial charge in [0.1, 0.15) is 29.0 Å². The third-order valence-electron chi connectivity index (χ3n) is 4.80. The number of carbonyl (C=O) groups is 3. The van der Waals surface area contributed by atoms with Gasteiger partial charge in [0.05, 0.1) is 25.3 Å². The summed E-state index contributed by atoms with van der Waals surface area (Å²) in [5.41, 5.74) is 0.856. The highest BCUT2D eigenvalue weighted by atomic mass is 35.5. The van der Waals surface area contributed by atoms with Crippen LogP contribution in [0.4, 0.5) is 21.2 Å². The number of cyclic esters (lactones) is 1. The fraction of sp³-hybridized carbons (Fsp3) is 0.381. The largest absolute Gasteiger partial charge is 0.447 e. The van der Waals surface area contributed by atoms with Gasteiger partial charge in [-0.3, -0.25) is 14.6 Å². The van der Waals surface area contributed by atoms with Crippen molar-refractivity contribution in [3.63, 3.8) is 0 Å². The summed E-state index contributed by atoms with van der Waals surface area (Å²) in [6, 6.07) is 6.58. The molecule has 1 fully saturated rings. The standard InChI is InChI=1S/C21H22ClN5O5/c1-21(2,3)32-19(29)23-10-14-13-11-27(18(28)12(13)9-15(22)24-14)17-6-4-5-16(25-17)26-7-8-31-20(26)30/h4-6,9H,7-8,10-11H2,1-3H3,(H,23,29). The third kappa shape index (κ3) is 4.45. The summed E-state index contributed by atoms with van der Waals surface area (Å²) >= 11 is 6.14. The number of pyridine rings is 2. The molecule has 0 radical (unpaired) electrons. The molecule has 1 saturated heterocycles. The third-order valence-corrected chi connectivity index (χ3v) is 5.00. The minimum absolute atomic E-state index is 0.0476. The number of carbonyl (C=O) groups excluding carboxylic acids is 3. The predicted molar refractivity (Wildman–Crippen MR) is 116 cm³/mol. The van der Waals surface area contributed by atoms with Crippen LogP contribution in [0.15, 0.2) is 24.3 Å². The normalized spacial score (nSPS) is 15.6. The lowest BCUT2D eigenvalue weighted by Gasteiger charge is -2.20. The van der Waals surface area contributed by atoms with E-state index in [1.54, 1.807) is 39.0 Å². The maximum absolute atomic E-state index is 13.1. The summed E-state index contributed by atoms with van der Waals surface area (Å²) in [5, 5.41) is 2.79. The molecule has 0 bridgehead atoms. The van der Waals surface area contributed by atoms with Gasteiger partial charge in [-0.15, -0.1) is 0 Å². The molecular formula is C21H22ClN5O5. The molecule has 0 saturated carbocycles. The Bertz CT molecular complexity index is 1100. The van der Waals surface area contributed by atoms with Gasteiger partial charge in [0.2, 0.25) is 0 Å². The number of hydrogen-bond acceptors (Lipinski definition) is 7. The van der Waals surface area contributed by atoms with Crippen LogP contribution >= 0.6 is 11.6 Å². The zero-order valence-electron chi connectivity index (χ0n) is 17.8. The number of rotatable bonds is 4. The molecule has 2 aromatic heterocycles. The van der Waals surface area contributed by atoms with Gasteiger partial charge in [0, 0.05) is 11.1 Å². The predicted octanol–water partition coefficient (Wildman–Crippen LogP) is 3.27. The van der Waals surface area contributed by atoms with Crippen molar-refractivity contribution in [3.05, 3.63) is 46.2 Å². The molecular weight excluding hydrogens is 438 g/mol. The first-order valence-corrected chi connectivity index (χ1v) is 10.4. The summed E-state index contributed by atoms with van der Waals surface area (Å²) in [6.45, 7) is 6.22. The molecule has 3 amide bonds. The second-order valence-corrected chi connectivity index (χ2v) is 8.67. The molecule has 0 atom stereocenters. The van der Waals surface area contributed by atoms with Crippen molar-refractivity contribution >= 4 is 41.3 Å². The molecule has 4 heterocycles. The quantitative estimate of drug-likeness (QED) is 0.698. The van der Waals surface area contributed by atoms with Gasteiger partial charge in [0.25, 0.3) is 5.91 Å². The van der Waals surface area contributed by atoms with Crippen LogP contribution in [0, 0.1) is 0 Å². The molecule has 2 aromatic rings. The van der Waals surface area contributed by atoms with Crippen molar-refractivity contribution in [1.29, 1.82) is 0 Å². The lowest BCUT2D eigenvalue weighted by molar-refractivity contribution is 0.0522. The molecule has 0 unspecified atom stereocenters. The van der Waals surface area contributed by atoms with Crippen LogP contribution < -0.4 is 15.1 Å². The van der Waals surface area contributed by atoms with Gasteiger partial charge in [-0.05, 0) is 39.0 Å². The van der Waals surface area contributed by atoms with E-state index >= 15 is 0 Å². The Hall–Kier alpha value is -3.40. The number of anilines is 2. The first-order chi connectivity index (χ1) is 15.1. The van der Waals surface area contributed by atoms with E-state index in [0.717, 1.165) is 0 Å². The molecule has 2 aliphatic rings. The van der Waals surface area contributed by atoms with Gasteiger partial charge in [-0.2, -0.15) is 0 Å². The molecule has 4 rings (SSSR count). The highest BCUT2D eigenvalue weighted by Gasteiger charge is 2.33. The van der Waals surface area contributed by atoms with Crippen LogP contribution in [0.1, 0.15) is 42.4 Å². The Morgan fingerprint density at radius 3 is 2.59 bits per heavy atom. The van der Waals surface area contributed by atoms with Crippen LogP contribution in [0.3, 0.4) is 0 Å². The fourth-order valence-corrected chi connectivity index (χ4v) is 3.66. The van der Waals surface area contributed by atoms with Crippen LogP contribution in [0.5, 0.6) is 0 Å². The average Bonchev–Trinajstić information content (AvgIpc) is 3.29. The second kappa shape index (κ2) is 8.27. The van der Waals surface area contributed by atoms with E-state index in [2.05, 4.69) is 15.3 Å². The molecule has 0 aromatic carbocycles. The average molecular weight is 460 g/mol. The van der Waals surface area contributed by atoms with E-state index < -0.39 is 17.8 Å². The molecule has 11 heteroatoms. The topological polar surface area (TPSA) is 114 Å². The molecule has 168 valence electrons. The first-order valence-electron chi connectivity index (χ1n) is 10.0. The minimum atomic E-state index is -0.640. The molecule has 0 aliphatic carbocycles. The number of nitrogens with zero attached hydrogens (tertiary/aromatic N) is 4. The van der Waals surface area contributed by atoms with E-state index in [9.17, 15) is 14.4 Å². The summed E-state index contributed by atoms with van der Waals surface area (Å²) in [4.78, 5) is 48.7. The second-order valence-electron chi connectivity index (χ2n) is 8.28.